The second-order valence-corrected chi connectivity index (χ2v) is 9.89. The molecule has 3 atom stereocenters. The van der Waals surface area contributed by atoms with Crippen molar-refractivity contribution in [2.75, 3.05) is 33.2 Å². The molecule has 3 amide bonds. The monoisotopic (exact) mass is 524 g/mol. The van der Waals surface area contributed by atoms with E-state index in [0.29, 0.717) is 39.1 Å². The lowest BCUT2D eigenvalue weighted by molar-refractivity contribution is -0.153. The molecule has 1 aliphatic heterocycles. The van der Waals surface area contributed by atoms with E-state index >= 15 is 0 Å². The molecule has 1 aromatic heterocycles. The number of rotatable bonds is 11. The zero-order chi connectivity index (χ0) is 27.5. The van der Waals surface area contributed by atoms with Crippen LogP contribution < -0.4 is 16.0 Å². The molecule has 3 N–H and O–H groups in total. The lowest BCUT2D eigenvalue weighted by atomic mass is 10.0. The smallest absolute Gasteiger partial charge is 0.409 e. The van der Waals surface area contributed by atoms with Crippen molar-refractivity contribution in [3.63, 3.8) is 0 Å². The number of carbonyl (C=O) groups is 3. The number of hydrogen-bond acceptors (Lipinski definition) is 7. The third-order valence-electron chi connectivity index (χ3n) is 6.66. The molecule has 0 radical (unpaired) electrons. The van der Waals surface area contributed by atoms with Crippen LogP contribution in [0.1, 0.15) is 31.9 Å². The molecule has 0 unspecified atom stereocenters. The Morgan fingerprint density at radius 3 is 2.45 bits per heavy atom. The number of carbonyl (C=O) groups excluding carboxylic acids is 3. The summed E-state index contributed by atoms with van der Waals surface area (Å²) in [6, 6.07) is 12.7. The summed E-state index contributed by atoms with van der Waals surface area (Å²) < 4.78 is 5.81. The molecule has 0 spiro atoms. The standard InChI is InChI=1S/C28H40N6O4/c1-20(2)25(32-26(35)21(3)29-4)27(36)34-16-15-33(18-23-9-6-5-7-10-23)19-24(34)38-28(37)31-14-12-22-11-8-13-30-17-22/h5-11,13,17,20-21,24-25,29H,12,14-16,18-19H2,1-4H3,(H,31,37)(H,32,35)/t21-,24-,25-/m0/s1. The topological polar surface area (TPSA) is 116 Å². The first kappa shape index (κ1) is 29.1. The average Bonchev–Trinajstić information content (AvgIpc) is 2.92. The molecule has 1 fully saturated rings. The van der Waals surface area contributed by atoms with E-state index in [-0.39, 0.29) is 17.7 Å². The summed E-state index contributed by atoms with van der Waals surface area (Å²) in [5, 5.41) is 8.56. The quantitative estimate of drug-likeness (QED) is 0.410. The van der Waals surface area contributed by atoms with Crippen molar-refractivity contribution in [1.82, 2.24) is 30.7 Å². The number of benzene rings is 1. The Balaban J connectivity index is 1.69. The first-order valence-electron chi connectivity index (χ1n) is 13.2. The number of pyridine rings is 1. The van der Waals surface area contributed by atoms with Crippen molar-refractivity contribution >= 4 is 17.9 Å². The highest BCUT2D eigenvalue weighted by molar-refractivity contribution is 5.90. The van der Waals surface area contributed by atoms with Gasteiger partial charge in [-0.2, -0.15) is 0 Å². The fraction of sp³-hybridized carbons (Fsp3) is 0.500. The Hall–Kier alpha value is -3.50. The predicted octanol–water partition coefficient (Wildman–Crippen LogP) is 1.77. The molecule has 10 heteroatoms. The van der Waals surface area contributed by atoms with E-state index in [1.54, 1.807) is 31.3 Å². The lowest BCUT2D eigenvalue weighted by Crippen LogP contribution is -2.62. The van der Waals surface area contributed by atoms with E-state index in [4.69, 9.17) is 4.74 Å². The molecule has 2 aromatic rings. The van der Waals surface area contributed by atoms with Crippen molar-refractivity contribution in [2.24, 2.45) is 5.92 Å². The molecule has 0 saturated carbocycles. The normalized spacial score (nSPS) is 17.5. The summed E-state index contributed by atoms with van der Waals surface area (Å²) in [5.41, 5.74) is 2.14. The van der Waals surface area contributed by atoms with E-state index in [1.807, 2.05) is 56.3 Å². The molecule has 0 aliphatic carbocycles. The molecular weight excluding hydrogens is 484 g/mol. The number of nitrogens with one attached hydrogen (secondary N) is 3. The highest BCUT2D eigenvalue weighted by atomic mass is 16.6. The molecule has 3 rings (SSSR count). The minimum atomic E-state index is -0.793. The second kappa shape index (κ2) is 14.4. The van der Waals surface area contributed by atoms with Gasteiger partial charge in [0.1, 0.15) is 6.04 Å². The zero-order valence-corrected chi connectivity index (χ0v) is 22.7. The van der Waals surface area contributed by atoms with Crippen LogP contribution in [0.5, 0.6) is 0 Å². The van der Waals surface area contributed by atoms with E-state index in [2.05, 4.69) is 25.8 Å². The predicted molar refractivity (Wildman–Crippen MR) is 145 cm³/mol. The Labute approximate surface area is 225 Å². The largest absolute Gasteiger partial charge is 0.424 e. The SMILES string of the molecule is CN[C@@H](C)C(=O)N[C@H](C(=O)N1CCN(Cc2ccccc2)C[C@@H]1OC(=O)NCCc1cccnc1)C(C)C. The van der Waals surface area contributed by atoms with Crippen molar-refractivity contribution < 1.29 is 19.1 Å². The summed E-state index contributed by atoms with van der Waals surface area (Å²) in [5.74, 6) is -0.663. The van der Waals surface area contributed by atoms with Crippen molar-refractivity contribution in [2.45, 2.75) is 52.0 Å². The Bertz CT molecular complexity index is 1040. The Kier molecular flexibility index (Phi) is 11.0. The number of ether oxygens (including phenoxy) is 1. The first-order valence-corrected chi connectivity index (χ1v) is 13.2. The number of likely N-dealkylation sites (N-methyl/N-ethyl adjacent to an activating group) is 1. The zero-order valence-electron chi connectivity index (χ0n) is 22.7. The maximum absolute atomic E-state index is 13.7. The molecule has 10 nitrogen and oxygen atoms in total. The second-order valence-electron chi connectivity index (χ2n) is 9.89. The van der Waals surface area contributed by atoms with Crippen molar-refractivity contribution in [1.29, 1.82) is 0 Å². The van der Waals surface area contributed by atoms with Crippen LogP contribution in [0, 0.1) is 5.92 Å². The van der Waals surface area contributed by atoms with E-state index < -0.39 is 24.4 Å². The first-order chi connectivity index (χ1) is 18.3. The van der Waals surface area contributed by atoms with Gasteiger partial charge in [-0.15, -0.1) is 0 Å². The summed E-state index contributed by atoms with van der Waals surface area (Å²) in [4.78, 5) is 46.9. The van der Waals surface area contributed by atoms with Gasteiger partial charge in [-0.05, 0) is 43.5 Å². The fourth-order valence-corrected chi connectivity index (χ4v) is 4.26. The number of amides is 3. The highest BCUT2D eigenvalue weighted by Crippen LogP contribution is 2.18. The number of alkyl carbamates (subject to hydrolysis) is 1. The Morgan fingerprint density at radius 1 is 1.05 bits per heavy atom. The Morgan fingerprint density at radius 2 is 1.79 bits per heavy atom. The fourth-order valence-electron chi connectivity index (χ4n) is 4.26. The molecule has 1 aliphatic rings. The number of aromatic nitrogens is 1. The van der Waals surface area contributed by atoms with Gasteiger partial charge >= 0.3 is 6.09 Å². The van der Waals surface area contributed by atoms with Crippen LogP contribution in [0.15, 0.2) is 54.9 Å². The van der Waals surface area contributed by atoms with E-state index in [9.17, 15) is 14.4 Å². The van der Waals surface area contributed by atoms with Crippen LogP contribution in [-0.2, 0) is 27.3 Å². The van der Waals surface area contributed by atoms with Gasteiger partial charge in [-0.1, -0.05) is 50.2 Å². The van der Waals surface area contributed by atoms with Gasteiger partial charge in [0.25, 0.3) is 0 Å². The third kappa shape index (κ3) is 8.53. The van der Waals surface area contributed by atoms with Gasteiger partial charge in [0, 0.05) is 38.6 Å². The summed E-state index contributed by atoms with van der Waals surface area (Å²) in [6.45, 7) is 7.93. The van der Waals surface area contributed by atoms with Crippen LogP contribution in [0.3, 0.4) is 0 Å². The minimum Gasteiger partial charge on any atom is -0.424 e. The molecular formula is C28H40N6O4. The van der Waals surface area contributed by atoms with Crippen molar-refractivity contribution in [3.05, 3.63) is 66.0 Å². The number of nitrogens with zero attached hydrogens (tertiary/aromatic N) is 3. The van der Waals surface area contributed by atoms with Gasteiger partial charge in [-0.3, -0.25) is 19.5 Å². The van der Waals surface area contributed by atoms with Gasteiger partial charge in [0.15, 0.2) is 6.23 Å². The molecule has 0 bridgehead atoms. The maximum atomic E-state index is 13.7. The van der Waals surface area contributed by atoms with Crippen LogP contribution in [-0.4, -0.2) is 84.2 Å². The molecule has 2 heterocycles. The third-order valence-corrected chi connectivity index (χ3v) is 6.66. The van der Waals surface area contributed by atoms with Crippen LogP contribution in [0.25, 0.3) is 0 Å². The van der Waals surface area contributed by atoms with Crippen LogP contribution >= 0.6 is 0 Å². The minimum absolute atomic E-state index is 0.146. The summed E-state index contributed by atoms with van der Waals surface area (Å²) in [6.07, 6.45) is 2.69. The van der Waals surface area contributed by atoms with Crippen molar-refractivity contribution in [3.8, 4) is 0 Å². The average molecular weight is 525 g/mol. The molecule has 206 valence electrons. The van der Waals surface area contributed by atoms with E-state index in [0.717, 1.165) is 11.1 Å². The lowest BCUT2D eigenvalue weighted by Gasteiger charge is -2.42. The number of hydrogen-bond donors (Lipinski definition) is 3. The summed E-state index contributed by atoms with van der Waals surface area (Å²) in [7, 11) is 1.69. The van der Waals surface area contributed by atoms with Gasteiger partial charge in [0.2, 0.25) is 11.8 Å². The number of piperazine rings is 1. The highest BCUT2D eigenvalue weighted by Gasteiger charge is 2.38. The maximum Gasteiger partial charge on any atom is 0.409 e. The van der Waals surface area contributed by atoms with Crippen LogP contribution in [0.2, 0.25) is 0 Å². The van der Waals surface area contributed by atoms with Gasteiger partial charge in [0.05, 0.1) is 12.6 Å². The van der Waals surface area contributed by atoms with Crippen LogP contribution in [0.4, 0.5) is 4.79 Å². The van der Waals surface area contributed by atoms with E-state index in [1.165, 1.54) is 0 Å². The van der Waals surface area contributed by atoms with Gasteiger partial charge in [-0.25, -0.2) is 4.79 Å². The molecule has 1 saturated heterocycles. The van der Waals surface area contributed by atoms with Gasteiger partial charge < -0.3 is 25.6 Å². The molecule has 38 heavy (non-hydrogen) atoms. The molecule has 1 aromatic carbocycles. The summed E-state index contributed by atoms with van der Waals surface area (Å²) >= 11 is 0.